The van der Waals surface area contributed by atoms with Crippen LogP contribution in [0.5, 0.6) is 0 Å². The molecule has 0 aliphatic rings. The van der Waals surface area contributed by atoms with Gasteiger partial charge in [0.25, 0.3) is 5.69 Å². The maximum absolute atomic E-state index is 11.9. The Kier molecular flexibility index (Phi) is 6.89. The van der Waals surface area contributed by atoms with E-state index in [1.54, 1.807) is 0 Å². The number of amides is 1. The van der Waals surface area contributed by atoms with Crippen molar-refractivity contribution < 1.29 is 18.1 Å². The van der Waals surface area contributed by atoms with Crippen molar-refractivity contribution in [2.24, 2.45) is 5.84 Å². The van der Waals surface area contributed by atoms with Crippen LogP contribution in [0.4, 0.5) is 5.69 Å². The Labute approximate surface area is 128 Å². The molecule has 22 heavy (non-hydrogen) atoms. The van der Waals surface area contributed by atoms with Crippen molar-refractivity contribution >= 4 is 21.6 Å². The lowest BCUT2D eigenvalue weighted by atomic mass is 10.2. The number of nitrogens with one attached hydrogen (secondary N) is 2. The molecule has 0 saturated heterocycles. The van der Waals surface area contributed by atoms with Crippen LogP contribution in [0.15, 0.2) is 29.2 Å². The van der Waals surface area contributed by atoms with Crippen molar-refractivity contribution in [1.82, 2.24) is 10.1 Å². The molecule has 0 aliphatic heterocycles. The number of hydrazine groups is 1. The molecule has 0 aliphatic carbocycles. The van der Waals surface area contributed by atoms with Gasteiger partial charge in [-0.2, -0.15) is 0 Å². The van der Waals surface area contributed by atoms with E-state index in [2.05, 4.69) is 4.72 Å². The first-order valence-corrected chi connectivity index (χ1v) is 8.08. The summed E-state index contributed by atoms with van der Waals surface area (Å²) in [5, 5.41) is 10.5. The van der Waals surface area contributed by atoms with Crippen molar-refractivity contribution in [3.8, 4) is 0 Å². The van der Waals surface area contributed by atoms with E-state index in [0.29, 0.717) is 25.7 Å². The highest BCUT2D eigenvalue weighted by Crippen LogP contribution is 2.15. The maximum atomic E-state index is 11.9. The van der Waals surface area contributed by atoms with E-state index in [1.807, 2.05) is 5.43 Å². The second-order valence-corrected chi connectivity index (χ2v) is 6.29. The van der Waals surface area contributed by atoms with Crippen molar-refractivity contribution in [2.45, 2.75) is 30.6 Å². The fourth-order valence-electron chi connectivity index (χ4n) is 1.70. The van der Waals surface area contributed by atoms with E-state index < -0.39 is 14.9 Å². The molecule has 1 aromatic carbocycles. The van der Waals surface area contributed by atoms with Gasteiger partial charge in [-0.25, -0.2) is 19.0 Å². The van der Waals surface area contributed by atoms with Crippen molar-refractivity contribution in [1.29, 1.82) is 0 Å². The zero-order valence-corrected chi connectivity index (χ0v) is 12.6. The molecule has 0 spiro atoms. The Morgan fingerprint density at radius 2 is 1.82 bits per heavy atom. The summed E-state index contributed by atoms with van der Waals surface area (Å²) in [5.74, 6) is 4.67. The summed E-state index contributed by atoms with van der Waals surface area (Å²) in [5.41, 5.74) is 1.85. The predicted octanol–water partition coefficient (Wildman–Crippen LogP) is 0.423. The Balaban J connectivity index is 2.41. The average Bonchev–Trinajstić information content (AvgIpc) is 2.50. The minimum Gasteiger partial charge on any atom is -0.294 e. The lowest BCUT2D eigenvalue weighted by Gasteiger charge is -2.06. The average molecular weight is 330 g/mol. The molecule has 0 fully saturated rings. The third kappa shape index (κ3) is 5.76. The van der Waals surface area contributed by atoms with Crippen molar-refractivity contribution in [2.75, 3.05) is 6.54 Å². The zero-order chi connectivity index (χ0) is 16.6. The van der Waals surface area contributed by atoms with Gasteiger partial charge >= 0.3 is 0 Å². The van der Waals surface area contributed by atoms with Crippen LogP contribution in [0.25, 0.3) is 0 Å². The van der Waals surface area contributed by atoms with Gasteiger partial charge in [-0.3, -0.25) is 20.3 Å². The van der Waals surface area contributed by atoms with Gasteiger partial charge in [0, 0.05) is 25.1 Å². The number of unbranched alkanes of at least 4 members (excludes halogenated alkanes) is 2. The van der Waals surface area contributed by atoms with E-state index >= 15 is 0 Å². The summed E-state index contributed by atoms with van der Waals surface area (Å²) in [6.45, 7) is 0.226. The fraction of sp³-hybridized carbons (Fsp3) is 0.417. The second-order valence-electron chi connectivity index (χ2n) is 4.53. The van der Waals surface area contributed by atoms with Crippen LogP contribution >= 0.6 is 0 Å². The number of nitro groups is 1. The summed E-state index contributed by atoms with van der Waals surface area (Å²) in [6.07, 6.45) is 2.16. The number of hydrogen-bond acceptors (Lipinski definition) is 6. The second kappa shape index (κ2) is 8.41. The number of hydrogen-bond donors (Lipinski definition) is 3. The first kappa shape index (κ1) is 18.0. The summed E-state index contributed by atoms with van der Waals surface area (Å²) < 4.78 is 26.3. The molecule has 122 valence electrons. The van der Waals surface area contributed by atoms with Gasteiger partial charge in [0.15, 0.2) is 0 Å². The summed E-state index contributed by atoms with van der Waals surface area (Å²) >= 11 is 0. The lowest BCUT2D eigenvalue weighted by Crippen LogP contribution is -2.29. The normalized spacial score (nSPS) is 11.1. The van der Waals surface area contributed by atoms with E-state index in [9.17, 15) is 23.3 Å². The standard InChI is InChI=1S/C12H18N4O5S/c13-15-12(17)4-2-1-3-9-14-22(20,21)11-7-5-10(6-8-11)16(18)19/h5-8,14H,1-4,9,13H2,(H,15,17). The molecule has 0 radical (unpaired) electrons. The molecule has 9 nitrogen and oxygen atoms in total. The first-order chi connectivity index (χ1) is 10.4. The maximum Gasteiger partial charge on any atom is 0.269 e. The monoisotopic (exact) mass is 330 g/mol. The number of nitro benzene ring substituents is 1. The van der Waals surface area contributed by atoms with Crippen molar-refractivity contribution in [3.63, 3.8) is 0 Å². The van der Waals surface area contributed by atoms with Crippen molar-refractivity contribution in [3.05, 3.63) is 34.4 Å². The molecule has 0 bridgehead atoms. The zero-order valence-electron chi connectivity index (χ0n) is 11.8. The van der Waals surface area contributed by atoms with E-state index in [1.165, 1.54) is 12.1 Å². The van der Waals surface area contributed by atoms with Gasteiger partial charge in [-0.15, -0.1) is 0 Å². The van der Waals surface area contributed by atoms with Crippen LogP contribution in [0.2, 0.25) is 0 Å². The molecule has 0 unspecified atom stereocenters. The molecule has 10 heteroatoms. The number of carbonyl (C=O) groups is 1. The lowest BCUT2D eigenvalue weighted by molar-refractivity contribution is -0.384. The molecular weight excluding hydrogens is 312 g/mol. The minimum atomic E-state index is -3.68. The molecule has 0 saturated carbocycles. The highest BCUT2D eigenvalue weighted by molar-refractivity contribution is 7.89. The topological polar surface area (TPSA) is 144 Å². The number of carbonyl (C=O) groups excluding carboxylic acids is 1. The van der Waals surface area contributed by atoms with Gasteiger partial charge in [0.05, 0.1) is 9.82 Å². The Morgan fingerprint density at radius 3 is 2.36 bits per heavy atom. The largest absolute Gasteiger partial charge is 0.294 e. The number of benzene rings is 1. The SMILES string of the molecule is NNC(=O)CCCCCNS(=O)(=O)c1ccc([N+](=O)[O-])cc1. The number of non-ortho nitro benzene ring substituents is 1. The van der Waals surface area contributed by atoms with Gasteiger partial charge in [-0.1, -0.05) is 6.42 Å². The molecule has 1 rings (SSSR count). The third-order valence-electron chi connectivity index (χ3n) is 2.89. The third-order valence-corrected chi connectivity index (χ3v) is 4.37. The number of sulfonamides is 1. The van der Waals surface area contributed by atoms with Crippen LogP contribution in [0, 0.1) is 10.1 Å². The molecule has 1 amide bonds. The number of nitrogens with zero attached hydrogens (tertiary/aromatic N) is 1. The van der Waals surface area contributed by atoms with Gasteiger partial charge < -0.3 is 0 Å². The smallest absolute Gasteiger partial charge is 0.269 e. The number of rotatable bonds is 9. The highest BCUT2D eigenvalue weighted by Gasteiger charge is 2.15. The summed E-state index contributed by atoms with van der Waals surface area (Å²) in [4.78, 5) is 20.8. The Hall–Kier alpha value is -2.04. The molecular formula is C12H18N4O5S. The van der Waals surface area contributed by atoms with Crippen LogP contribution in [-0.2, 0) is 14.8 Å². The summed E-state index contributed by atoms with van der Waals surface area (Å²) in [6, 6.07) is 4.65. The first-order valence-electron chi connectivity index (χ1n) is 6.60. The fourth-order valence-corrected chi connectivity index (χ4v) is 2.77. The Morgan fingerprint density at radius 1 is 1.18 bits per heavy atom. The molecule has 0 heterocycles. The van der Waals surface area contributed by atoms with Crippen LogP contribution in [-0.4, -0.2) is 25.8 Å². The molecule has 1 aromatic rings. The highest BCUT2D eigenvalue weighted by atomic mass is 32.2. The van der Waals surface area contributed by atoms with Gasteiger partial charge in [0.2, 0.25) is 15.9 Å². The minimum absolute atomic E-state index is 0.0272. The van der Waals surface area contributed by atoms with Gasteiger partial charge in [-0.05, 0) is 25.0 Å². The molecule has 0 aromatic heterocycles. The quantitative estimate of drug-likeness (QED) is 0.197. The van der Waals surface area contributed by atoms with E-state index in [0.717, 1.165) is 12.1 Å². The predicted molar refractivity (Wildman–Crippen MR) is 79.1 cm³/mol. The van der Waals surface area contributed by atoms with Crippen LogP contribution in [0.3, 0.4) is 0 Å². The van der Waals surface area contributed by atoms with E-state index in [-0.39, 0.29) is 23.0 Å². The Bertz CT molecular complexity index is 615. The van der Waals surface area contributed by atoms with Crippen LogP contribution < -0.4 is 16.0 Å². The summed E-state index contributed by atoms with van der Waals surface area (Å²) in [7, 11) is -3.68. The molecule has 4 N–H and O–H groups in total. The molecule has 0 atom stereocenters. The van der Waals surface area contributed by atoms with E-state index in [4.69, 9.17) is 5.84 Å². The number of nitrogens with two attached hydrogens (primary N) is 1. The van der Waals surface area contributed by atoms with Gasteiger partial charge in [0.1, 0.15) is 0 Å². The van der Waals surface area contributed by atoms with Crippen LogP contribution in [0.1, 0.15) is 25.7 Å².